The lowest BCUT2D eigenvalue weighted by atomic mass is 9.97. The molecule has 2 aromatic carbocycles. The van der Waals surface area contributed by atoms with Gasteiger partial charge in [0.2, 0.25) is 5.91 Å². The zero-order chi connectivity index (χ0) is 26.7. The molecule has 6 rings (SSSR count). The standard InChI is InChI=1S/C27H21ClF2N6OS/c1-2-19(37)35-7-9-36(10-8-35)25-15-11-17(28)20(14-5-6-18(29)26-24(14)34-27(32)38-26)21(30)23(15)33-22(13-3-4-13)16(25)12-31/h2,5-6,11,13H,1,3-4,7-10H2,(H2,32,34). The third-order valence-electron chi connectivity index (χ3n) is 7.11. The molecule has 192 valence electrons. The molecular formula is C27H21ClF2N6OS. The Balaban J connectivity index is 1.58. The molecule has 7 nitrogen and oxygen atoms in total. The number of pyridine rings is 1. The normalized spacial score (nSPS) is 15.7. The topological polar surface area (TPSA) is 99.1 Å². The molecule has 38 heavy (non-hydrogen) atoms. The summed E-state index contributed by atoms with van der Waals surface area (Å²) in [5, 5.41) is 10.8. The number of nitrogens with zero attached hydrogens (tertiary/aromatic N) is 5. The first-order valence-electron chi connectivity index (χ1n) is 12.1. The molecule has 2 N–H and O–H groups in total. The number of thiazole rings is 1. The van der Waals surface area contributed by atoms with Crippen LogP contribution in [0.2, 0.25) is 5.02 Å². The van der Waals surface area contributed by atoms with Gasteiger partial charge in [0.1, 0.15) is 17.4 Å². The summed E-state index contributed by atoms with van der Waals surface area (Å²) in [6, 6.07) is 6.60. The van der Waals surface area contributed by atoms with E-state index in [0.717, 1.165) is 24.2 Å². The Bertz CT molecular complexity index is 1700. The minimum atomic E-state index is -0.667. The summed E-state index contributed by atoms with van der Waals surface area (Å²) in [7, 11) is 0. The number of anilines is 2. The van der Waals surface area contributed by atoms with Crippen LogP contribution in [-0.2, 0) is 4.79 Å². The zero-order valence-corrected chi connectivity index (χ0v) is 21.7. The third-order valence-corrected chi connectivity index (χ3v) is 8.30. The van der Waals surface area contributed by atoms with E-state index in [-0.39, 0.29) is 43.3 Å². The van der Waals surface area contributed by atoms with E-state index in [1.54, 1.807) is 11.0 Å². The van der Waals surface area contributed by atoms with Gasteiger partial charge in [-0.3, -0.25) is 4.79 Å². The molecular weight excluding hydrogens is 530 g/mol. The summed E-state index contributed by atoms with van der Waals surface area (Å²) < 4.78 is 31.1. The van der Waals surface area contributed by atoms with Gasteiger partial charge in [-0.25, -0.2) is 18.7 Å². The van der Waals surface area contributed by atoms with Crippen LogP contribution in [0.1, 0.15) is 30.0 Å². The molecule has 2 aromatic heterocycles. The Morgan fingerprint density at radius 1 is 1.21 bits per heavy atom. The van der Waals surface area contributed by atoms with Gasteiger partial charge in [-0.15, -0.1) is 0 Å². The van der Waals surface area contributed by atoms with E-state index in [4.69, 9.17) is 17.3 Å². The summed E-state index contributed by atoms with van der Waals surface area (Å²) in [4.78, 5) is 24.7. The number of fused-ring (bicyclic) bond motifs is 2. The predicted molar refractivity (Wildman–Crippen MR) is 145 cm³/mol. The number of amides is 1. The Morgan fingerprint density at radius 2 is 1.95 bits per heavy atom. The van der Waals surface area contributed by atoms with Gasteiger partial charge in [0, 0.05) is 48.6 Å². The average Bonchev–Trinajstić information content (AvgIpc) is 3.68. The summed E-state index contributed by atoms with van der Waals surface area (Å²) in [6.45, 7) is 5.33. The molecule has 0 atom stereocenters. The Hall–Kier alpha value is -3.81. The van der Waals surface area contributed by atoms with E-state index in [1.165, 1.54) is 18.2 Å². The fourth-order valence-electron chi connectivity index (χ4n) is 5.14. The van der Waals surface area contributed by atoms with Crippen molar-refractivity contribution in [1.29, 1.82) is 5.26 Å². The lowest BCUT2D eigenvalue weighted by molar-refractivity contribution is -0.126. The highest BCUT2D eigenvalue weighted by Gasteiger charge is 2.34. The zero-order valence-electron chi connectivity index (χ0n) is 20.1. The van der Waals surface area contributed by atoms with Crippen LogP contribution >= 0.6 is 22.9 Å². The van der Waals surface area contributed by atoms with Gasteiger partial charge in [-0.2, -0.15) is 5.26 Å². The van der Waals surface area contributed by atoms with Gasteiger partial charge in [-0.05, 0) is 37.1 Å². The van der Waals surface area contributed by atoms with Crippen molar-refractivity contribution >= 4 is 60.8 Å². The number of aromatic nitrogens is 2. The van der Waals surface area contributed by atoms with Gasteiger partial charge < -0.3 is 15.5 Å². The summed E-state index contributed by atoms with van der Waals surface area (Å²) in [6.07, 6.45) is 3.02. The molecule has 1 aliphatic carbocycles. The van der Waals surface area contributed by atoms with Crippen LogP contribution in [0.5, 0.6) is 0 Å². The summed E-state index contributed by atoms with van der Waals surface area (Å²) in [5.74, 6) is -1.25. The van der Waals surface area contributed by atoms with Crippen LogP contribution in [0.3, 0.4) is 0 Å². The molecule has 2 aliphatic rings. The largest absolute Gasteiger partial charge is 0.375 e. The van der Waals surface area contributed by atoms with Crippen molar-refractivity contribution in [2.45, 2.75) is 18.8 Å². The van der Waals surface area contributed by atoms with Crippen molar-refractivity contribution < 1.29 is 13.6 Å². The van der Waals surface area contributed by atoms with Crippen LogP contribution in [-0.4, -0.2) is 47.0 Å². The number of piperazine rings is 1. The highest BCUT2D eigenvalue weighted by Crippen LogP contribution is 2.47. The van der Waals surface area contributed by atoms with Crippen molar-refractivity contribution in [3.05, 3.63) is 58.8 Å². The molecule has 1 saturated heterocycles. The number of halogens is 3. The first-order valence-corrected chi connectivity index (χ1v) is 13.3. The maximum atomic E-state index is 16.4. The Kier molecular flexibility index (Phi) is 5.93. The van der Waals surface area contributed by atoms with Gasteiger partial charge in [0.25, 0.3) is 0 Å². The van der Waals surface area contributed by atoms with Gasteiger partial charge in [0.05, 0.1) is 32.2 Å². The molecule has 11 heteroatoms. The lowest BCUT2D eigenvalue weighted by Crippen LogP contribution is -2.48. The molecule has 4 aromatic rings. The predicted octanol–water partition coefficient (Wildman–Crippen LogP) is 5.61. The van der Waals surface area contributed by atoms with Crippen LogP contribution in [0.25, 0.3) is 32.2 Å². The van der Waals surface area contributed by atoms with Crippen LogP contribution in [0.4, 0.5) is 19.6 Å². The van der Waals surface area contributed by atoms with Gasteiger partial charge in [-0.1, -0.05) is 29.5 Å². The van der Waals surface area contributed by atoms with E-state index in [1.807, 2.05) is 4.90 Å². The van der Waals surface area contributed by atoms with Crippen LogP contribution < -0.4 is 10.6 Å². The molecule has 2 fully saturated rings. The number of hydrogen-bond donors (Lipinski definition) is 1. The van der Waals surface area contributed by atoms with Gasteiger partial charge in [0.15, 0.2) is 10.9 Å². The van der Waals surface area contributed by atoms with Crippen molar-refractivity contribution in [3.63, 3.8) is 0 Å². The van der Waals surface area contributed by atoms with Crippen molar-refractivity contribution in [2.75, 3.05) is 36.8 Å². The van der Waals surface area contributed by atoms with Crippen LogP contribution in [0.15, 0.2) is 30.9 Å². The first kappa shape index (κ1) is 24.5. The molecule has 0 spiro atoms. The molecule has 1 saturated carbocycles. The lowest BCUT2D eigenvalue weighted by Gasteiger charge is -2.37. The fraction of sp³-hybridized carbons (Fsp3) is 0.259. The Labute approximate surface area is 225 Å². The first-order chi connectivity index (χ1) is 18.3. The number of rotatable bonds is 4. The van der Waals surface area contributed by atoms with Crippen molar-refractivity contribution in [2.24, 2.45) is 0 Å². The van der Waals surface area contributed by atoms with E-state index in [2.05, 4.69) is 22.6 Å². The Morgan fingerprint density at radius 3 is 2.61 bits per heavy atom. The number of carbonyl (C=O) groups excluding carboxylic acids is 1. The third kappa shape index (κ3) is 3.85. The van der Waals surface area contributed by atoms with E-state index >= 15 is 4.39 Å². The second kappa shape index (κ2) is 9.19. The number of nitrogen functional groups attached to an aromatic ring is 1. The molecule has 3 heterocycles. The van der Waals surface area contributed by atoms with E-state index in [9.17, 15) is 14.4 Å². The van der Waals surface area contributed by atoms with Crippen molar-refractivity contribution in [3.8, 4) is 17.2 Å². The number of carbonyl (C=O) groups is 1. The molecule has 0 radical (unpaired) electrons. The van der Waals surface area contributed by atoms with Gasteiger partial charge >= 0.3 is 0 Å². The second-order valence-electron chi connectivity index (χ2n) is 9.39. The minimum absolute atomic E-state index is 0.0563. The fourth-order valence-corrected chi connectivity index (χ4v) is 6.20. The summed E-state index contributed by atoms with van der Waals surface area (Å²) in [5.41, 5.74) is 8.07. The highest BCUT2D eigenvalue weighted by atomic mass is 35.5. The average molecular weight is 551 g/mol. The monoisotopic (exact) mass is 550 g/mol. The number of nitriles is 1. The van der Waals surface area contributed by atoms with E-state index in [0.29, 0.717) is 54.1 Å². The second-order valence-corrected chi connectivity index (χ2v) is 10.8. The highest BCUT2D eigenvalue weighted by molar-refractivity contribution is 7.22. The maximum Gasteiger partial charge on any atom is 0.246 e. The van der Waals surface area contributed by atoms with E-state index < -0.39 is 11.6 Å². The SMILES string of the molecule is C=CC(=O)N1CCN(c2c(C#N)c(C3CC3)nc3c(F)c(-c4ccc(F)c5sc(N)nc45)c(Cl)cc23)CC1. The van der Waals surface area contributed by atoms with Crippen LogP contribution in [0, 0.1) is 23.0 Å². The summed E-state index contributed by atoms with van der Waals surface area (Å²) >= 11 is 7.69. The number of benzene rings is 2. The maximum absolute atomic E-state index is 16.4. The number of hydrogen-bond acceptors (Lipinski definition) is 7. The smallest absolute Gasteiger partial charge is 0.246 e. The molecule has 1 aliphatic heterocycles. The molecule has 0 unspecified atom stereocenters. The quantitative estimate of drug-likeness (QED) is 0.332. The van der Waals surface area contributed by atoms with Crippen molar-refractivity contribution in [1.82, 2.24) is 14.9 Å². The number of nitrogens with two attached hydrogens (primary N) is 1. The molecule has 0 bridgehead atoms. The molecule has 1 amide bonds. The minimum Gasteiger partial charge on any atom is -0.375 e.